The molecule has 0 spiro atoms. The summed E-state index contributed by atoms with van der Waals surface area (Å²) in [4.78, 5) is 11.6. The van der Waals surface area contributed by atoms with Crippen molar-refractivity contribution in [1.29, 1.82) is 0 Å². The van der Waals surface area contributed by atoms with Gasteiger partial charge in [0, 0.05) is 31.7 Å². The number of methoxy groups -OCH3 is 1. The van der Waals surface area contributed by atoms with E-state index in [4.69, 9.17) is 14.5 Å². The first-order valence-electron chi connectivity index (χ1n) is 8.23. The summed E-state index contributed by atoms with van der Waals surface area (Å²) in [6.07, 6.45) is 0.160. The lowest BCUT2D eigenvalue weighted by atomic mass is 9.95. The van der Waals surface area contributed by atoms with E-state index in [-0.39, 0.29) is 17.6 Å². The van der Waals surface area contributed by atoms with E-state index in [0.717, 1.165) is 37.0 Å². The maximum Gasteiger partial charge on any atom is 0.136 e. The van der Waals surface area contributed by atoms with Gasteiger partial charge in [-0.15, -0.1) is 0 Å². The van der Waals surface area contributed by atoms with E-state index >= 15 is 0 Å². The Bertz CT molecular complexity index is 516. The van der Waals surface area contributed by atoms with Crippen molar-refractivity contribution < 1.29 is 9.47 Å². The highest BCUT2D eigenvalue weighted by atomic mass is 16.5. The Hall–Kier alpha value is -1.24. The molecule has 130 valence electrons. The van der Waals surface area contributed by atoms with E-state index < -0.39 is 0 Å². The van der Waals surface area contributed by atoms with Crippen LogP contribution in [-0.2, 0) is 21.5 Å². The Balaban J connectivity index is 2.15. The molecular formula is C17H30N4O2. The van der Waals surface area contributed by atoms with Crippen LogP contribution in [0.15, 0.2) is 6.07 Å². The fraction of sp³-hybridized carbons (Fsp3) is 0.765. The number of hydrogen-bond donors (Lipinski definition) is 1. The minimum Gasteiger partial charge on any atom is -0.378 e. The highest BCUT2D eigenvalue weighted by molar-refractivity contribution is 5.38. The summed E-state index contributed by atoms with van der Waals surface area (Å²) in [5, 5.41) is 3.49. The van der Waals surface area contributed by atoms with Crippen molar-refractivity contribution in [3.8, 4) is 0 Å². The molecule has 23 heavy (non-hydrogen) atoms. The molecule has 0 amide bonds. The monoisotopic (exact) mass is 322 g/mol. The lowest BCUT2D eigenvalue weighted by molar-refractivity contribution is -0.0260. The van der Waals surface area contributed by atoms with Crippen molar-refractivity contribution in [2.45, 2.75) is 51.9 Å². The summed E-state index contributed by atoms with van der Waals surface area (Å²) in [5.41, 5.74) is 0.786. The molecule has 0 unspecified atom stereocenters. The molecule has 0 bridgehead atoms. The fourth-order valence-corrected chi connectivity index (χ4v) is 2.57. The Labute approximate surface area is 139 Å². The molecule has 2 rings (SSSR count). The number of aromatic nitrogens is 2. The number of nitrogens with zero attached hydrogens (tertiary/aromatic N) is 3. The van der Waals surface area contributed by atoms with Crippen molar-refractivity contribution in [3.63, 3.8) is 0 Å². The Morgan fingerprint density at radius 2 is 2.17 bits per heavy atom. The number of nitrogens with one attached hydrogen (secondary N) is 1. The Morgan fingerprint density at radius 1 is 1.43 bits per heavy atom. The molecule has 1 saturated heterocycles. The van der Waals surface area contributed by atoms with Gasteiger partial charge in [0.2, 0.25) is 0 Å². The van der Waals surface area contributed by atoms with Crippen LogP contribution in [0.4, 0.5) is 5.82 Å². The summed E-state index contributed by atoms with van der Waals surface area (Å²) in [6, 6.07) is 2.14. The van der Waals surface area contributed by atoms with Crippen molar-refractivity contribution in [1.82, 2.24) is 14.9 Å². The number of anilines is 1. The summed E-state index contributed by atoms with van der Waals surface area (Å²) in [7, 11) is 3.81. The third kappa shape index (κ3) is 5.12. The van der Waals surface area contributed by atoms with E-state index in [2.05, 4.69) is 49.9 Å². The largest absolute Gasteiger partial charge is 0.378 e. The van der Waals surface area contributed by atoms with Crippen LogP contribution in [0.1, 0.15) is 39.2 Å². The van der Waals surface area contributed by atoms with Gasteiger partial charge >= 0.3 is 0 Å². The van der Waals surface area contributed by atoms with E-state index in [1.54, 1.807) is 7.11 Å². The van der Waals surface area contributed by atoms with Gasteiger partial charge in [-0.2, -0.15) is 0 Å². The molecule has 1 aliphatic heterocycles. The highest BCUT2D eigenvalue weighted by Gasteiger charge is 2.25. The van der Waals surface area contributed by atoms with Crippen molar-refractivity contribution >= 4 is 5.82 Å². The quantitative estimate of drug-likeness (QED) is 0.895. The van der Waals surface area contributed by atoms with Crippen molar-refractivity contribution in [2.24, 2.45) is 0 Å². The maximum absolute atomic E-state index is 5.89. The molecule has 1 aromatic rings. The second kappa shape index (κ2) is 7.55. The predicted octanol–water partition coefficient (Wildman–Crippen LogP) is 2.05. The minimum absolute atomic E-state index is 0.106. The molecule has 2 atom stereocenters. The van der Waals surface area contributed by atoms with Crippen LogP contribution in [0.5, 0.6) is 0 Å². The van der Waals surface area contributed by atoms with Crippen LogP contribution in [0.2, 0.25) is 0 Å². The molecule has 1 aromatic heterocycles. The molecular weight excluding hydrogens is 292 g/mol. The zero-order chi connectivity index (χ0) is 17.0. The van der Waals surface area contributed by atoms with Crippen LogP contribution in [-0.4, -0.2) is 60.9 Å². The molecule has 0 aromatic carbocycles. The zero-order valence-corrected chi connectivity index (χ0v) is 15.2. The van der Waals surface area contributed by atoms with Gasteiger partial charge in [-0.25, -0.2) is 9.97 Å². The summed E-state index contributed by atoms with van der Waals surface area (Å²) >= 11 is 0. The summed E-state index contributed by atoms with van der Waals surface area (Å²) < 4.78 is 11.1. The summed E-state index contributed by atoms with van der Waals surface area (Å²) in [6.45, 7) is 11.7. The summed E-state index contributed by atoms with van der Waals surface area (Å²) in [5.74, 6) is 1.66. The molecule has 0 aliphatic carbocycles. The van der Waals surface area contributed by atoms with Crippen LogP contribution in [0.3, 0.4) is 0 Å². The smallest absolute Gasteiger partial charge is 0.136 e. The van der Waals surface area contributed by atoms with Crippen LogP contribution >= 0.6 is 0 Å². The van der Waals surface area contributed by atoms with Crippen LogP contribution in [0, 0.1) is 0 Å². The van der Waals surface area contributed by atoms with Gasteiger partial charge in [-0.3, -0.25) is 0 Å². The lowest BCUT2D eigenvalue weighted by Crippen LogP contribution is -2.47. The van der Waals surface area contributed by atoms with Crippen molar-refractivity contribution in [2.75, 3.05) is 39.2 Å². The van der Waals surface area contributed by atoms with Gasteiger partial charge in [0.15, 0.2) is 0 Å². The number of ether oxygens (including phenoxy) is 2. The SMILES string of the molecule is COCc1cc(N[C@@H](C)[C@H]2CN(C)CCO2)nc(C(C)(C)C)n1. The molecule has 6 nitrogen and oxygen atoms in total. The van der Waals surface area contributed by atoms with Gasteiger partial charge in [-0.05, 0) is 14.0 Å². The lowest BCUT2D eigenvalue weighted by Gasteiger charge is -2.34. The minimum atomic E-state index is -0.106. The number of morpholine rings is 1. The Morgan fingerprint density at radius 3 is 2.78 bits per heavy atom. The van der Waals surface area contributed by atoms with E-state index in [0.29, 0.717) is 6.61 Å². The third-order valence-electron chi connectivity index (χ3n) is 3.97. The first-order valence-corrected chi connectivity index (χ1v) is 8.23. The zero-order valence-electron chi connectivity index (χ0n) is 15.2. The second-order valence-electron chi connectivity index (χ2n) is 7.36. The van der Waals surface area contributed by atoms with E-state index in [1.807, 2.05) is 6.07 Å². The molecule has 1 aliphatic rings. The number of likely N-dealkylation sites (N-methyl/N-ethyl adjacent to an activating group) is 1. The van der Waals surface area contributed by atoms with Crippen molar-refractivity contribution in [3.05, 3.63) is 17.6 Å². The number of hydrogen-bond acceptors (Lipinski definition) is 6. The second-order valence-corrected chi connectivity index (χ2v) is 7.36. The first kappa shape index (κ1) is 18.1. The number of rotatable bonds is 5. The average Bonchev–Trinajstić information content (AvgIpc) is 2.46. The van der Waals surface area contributed by atoms with Crippen LogP contribution < -0.4 is 5.32 Å². The predicted molar refractivity (Wildman–Crippen MR) is 91.8 cm³/mol. The third-order valence-corrected chi connectivity index (χ3v) is 3.97. The molecule has 1 fully saturated rings. The molecule has 0 saturated carbocycles. The first-order chi connectivity index (χ1) is 10.8. The van der Waals surface area contributed by atoms with Gasteiger partial charge < -0.3 is 19.7 Å². The van der Waals surface area contributed by atoms with E-state index in [1.165, 1.54) is 0 Å². The standard InChI is InChI=1S/C17H30N4O2/c1-12(14-10-21(5)7-8-23-14)18-15-9-13(11-22-6)19-16(20-15)17(2,3)4/h9,12,14H,7-8,10-11H2,1-6H3,(H,18,19,20)/t12-,14+/m0/s1. The molecule has 1 N–H and O–H groups in total. The van der Waals surface area contributed by atoms with Gasteiger partial charge in [0.25, 0.3) is 0 Å². The normalized spacial score (nSPS) is 21.2. The fourth-order valence-electron chi connectivity index (χ4n) is 2.57. The van der Waals surface area contributed by atoms with Gasteiger partial charge in [-0.1, -0.05) is 20.8 Å². The highest BCUT2D eigenvalue weighted by Crippen LogP contribution is 2.22. The maximum atomic E-state index is 5.89. The molecule has 6 heteroatoms. The molecule has 0 radical (unpaired) electrons. The van der Waals surface area contributed by atoms with Gasteiger partial charge in [0.1, 0.15) is 11.6 Å². The molecule has 2 heterocycles. The topological polar surface area (TPSA) is 59.5 Å². The van der Waals surface area contributed by atoms with Crippen LogP contribution in [0.25, 0.3) is 0 Å². The Kier molecular flexibility index (Phi) is 5.95. The average molecular weight is 322 g/mol. The van der Waals surface area contributed by atoms with Gasteiger partial charge in [0.05, 0.1) is 31.1 Å². The van der Waals surface area contributed by atoms with E-state index in [9.17, 15) is 0 Å².